The summed E-state index contributed by atoms with van der Waals surface area (Å²) in [6.45, 7) is 3.04. The number of carbonyl (C=O) groups excluding carboxylic acids is 2. The van der Waals surface area contributed by atoms with Crippen molar-refractivity contribution in [1.82, 2.24) is 0 Å². The average molecular weight is 405 g/mol. The van der Waals surface area contributed by atoms with Crippen LogP contribution in [0.25, 0.3) is 0 Å². The van der Waals surface area contributed by atoms with Gasteiger partial charge in [0.25, 0.3) is 5.09 Å². The van der Waals surface area contributed by atoms with Gasteiger partial charge >= 0.3 is 0 Å². The Hall–Kier alpha value is -2.06. The van der Waals surface area contributed by atoms with Crippen LogP contribution in [0.3, 0.4) is 0 Å². The highest BCUT2D eigenvalue weighted by atomic mass is 17.0. The van der Waals surface area contributed by atoms with Crippen molar-refractivity contribution >= 4 is 11.6 Å². The van der Waals surface area contributed by atoms with Gasteiger partial charge in [-0.1, -0.05) is 25.5 Å². The van der Waals surface area contributed by atoms with E-state index >= 15 is 0 Å². The van der Waals surface area contributed by atoms with Gasteiger partial charge in [-0.25, -0.2) is 0 Å². The fourth-order valence-electron chi connectivity index (χ4n) is 7.09. The highest BCUT2D eigenvalue weighted by molar-refractivity contribution is 6.01. The molecule has 0 spiro atoms. The molecule has 0 heterocycles. The number of Topliss-reactive ketones (excluding diaryl/α,β-unsaturated/α-hetero) is 1. The van der Waals surface area contributed by atoms with Gasteiger partial charge in [0, 0.05) is 16.7 Å². The molecule has 0 bridgehead atoms. The van der Waals surface area contributed by atoms with Crippen molar-refractivity contribution < 1.29 is 29.7 Å². The molecule has 0 aromatic rings. The van der Waals surface area contributed by atoms with Gasteiger partial charge in [-0.05, 0) is 56.1 Å². The van der Waals surface area contributed by atoms with Gasteiger partial charge in [0.1, 0.15) is 18.3 Å². The first-order chi connectivity index (χ1) is 13.6. The van der Waals surface area contributed by atoms with Crippen LogP contribution in [0.4, 0.5) is 0 Å². The van der Waals surface area contributed by atoms with Crippen molar-refractivity contribution in [3.05, 3.63) is 33.9 Å². The Bertz CT molecular complexity index is 835. The van der Waals surface area contributed by atoms with Gasteiger partial charge < -0.3 is 15.1 Å². The maximum atomic E-state index is 12.5. The predicted molar refractivity (Wildman–Crippen MR) is 101 cm³/mol. The van der Waals surface area contributed by atoms with Crippen LogP contribution >= 0.6 is 0 Å². The van der Waals surface area contributed by atoms with Crippen LogP contribution in [0, 0.1) is 38.7 Å². The zero-order valence-corrected chi connectivity index (χ0v) is 16.7. The highest BCUT2D eigenvalue weighted by Gasteiger charge is 2.68. The van der Waals surface area contributed by atoms with Gasteiger partial charge in [0.15, 0.2) is 11.6 Å². The molecule has 0 saturated heterocycles. The fourth-order valence-corrected chi connectivity index (χ4v) is 7.09. The predicted octanol–water partition coefficient (Wildman–Crippen LogP) is 1.77. The normalized spacial score (nSPS) is 45.7. The molecule has 4 aliphatic rings. The summed E-state index contributed by atoms with van der Waals surface area (Å²) in [5.41, 5.74) is -2.21. The van der Waals surface area contributed by atoms with E-state index in [1.165, 1.54) is 6.08 Å². The molecule has 7 atom stereocenters. The van der Waals surface area contributed by atoms with Gasteiger partial charge in [0.2, 0.25) is 0 Å². The third kappa shape index (κ3) is 2.65. The van der Waals surface area contributed by atoms with E-state index in [2.05, 4.69) is 0 Å². The number of carbonyl (C=O) groups is 2. The molecule has 0 aromatic heterocycles. The summed E-state index contributed by atoms with van der Waals surface area (Å²) < 4.78 is 0. The molecule has 8 nitrogen and oxygen atoms in total. The van der Waals surface area contributed by atoms with Crippen molar-refractivity contribution in [1.29, 1.82) is 0 Å². The second-order valence-electron chi connectivity index (χ2n) is 9.49. The smallest absolute Gasteiger partial charge is 0.294 e. The molecule has 3 fully saturated rings. The van der Waals surface area contributed by atoms with Crippen molar-refractivity contribution in [3.63, 3.8) is 0 Å². The lowest BCUT2D eigenvalue weighted by Gasteiger charge is -2.59. The maximum absolute atomic E-state index is 12.5. The molecule has 0 aliphatic heterocycles. The molecule has 4 aliphatic carbocycles. The standard InChI is InChI=1S/C21H27NO7/c1-19-7-5-13(24)9-12(19)3-4-14-15-6-8-21(26,17(25)11-23)20(15,2)10-16(18(14)19)29-22(27)28/h5,7,9,14-16,18,23,26H,3-4,6,8,10-11H2,1-2H3/t14-,15-,16?,18+,19-,20-,21-/m0/s1. The monoisotopic (exact) mass is 405 g/mol. The van der Waals surface area contributed by atoms with E-state index < -0.39 is 40.0 Å². The molecule has 158 valence electrons. The van der Waals surface area contributed by atoms with E-state index in [0.717, 1.165) is 5.57 Å². The largest absolute Gasteiger partial charge is 0.388 e. The summed E-state index contributed by atoms with van der Waals surface area (Å²) >= 11 is 0. The Labute approximate surface area is 168 Å². The summed E-state index contributed by atoms with van der Waals surface area (Å²) in [5.74, 6) is -0.969. The number of hydrogen-bond acceptors (Lipinski definition) is 7. The quantitative estimate of drug-likeness (QED) is 0.539. The van der Waals surface area contributed by atoms with Crippen molar-refractivity contribution in [2.75, 3.05) is 6.61 Å². The van der Waals surface area contributed by atoms with Crippen LogP contribution in [0.1, 0.15) is 46.0 Å². The third-order valence-electron chi connectivity index (χ3n) is 8.45. The second kappa shape index (κ2) is 6.47. The van der Waals surface area contributed by atoms with Crippen LogP contribution in [-0.4, -0.2) is 45.2 Å². The third-order valence-corrected chi connectivity index (χ3v) is 8.45. The Morgan fingerprint density at radius 1 is 1.38 bits per heavy atom. The topological polar surface area (TPSA) is 127 Å². The minimum Gasteiger partial charge on any atom is -0.388 e. The van der Waals surface area contributed by atoms with Crippen molar-refractivity contribution in [2.45, 2.75) is 57.7 Å². The zero-order valence-electron chi connectivity index (χ0n) is 16.7. The zero-order chi connectivity index (χ0) is 21.2. The van der Waals surface area contributed by atoms with Crippen LogP contribution in [0.2, 0.25) is 0 Å². The molecule has 8 heteroatoms. The van der Waals surface area contributed by atoms with Crippen LogP contribution in [0.5, 0.6) is 0 Å². The van der Waals surface area contributed by atoms with Gasteiger partial charge in [-0.15, -0.1) is 10.1 Å². The highest BCUT2D eigenvalue weighted by Crippen LogP contribution is 2.67. The number of ketones is 2. The summed E-state index contributed by atoms with van der Waals surface area (Å²) in [5, 5.41) is 31.2. The molecule has 4 rings (SSSR count). The molecule has 0 amide bonds. The van der Waals surface area contributed by atoms with E-state index in [0.29, 0.717) is 19.3 Å². The molecular weight excluding hydrogens is 378 g/mol. The first-order valence-electron chi connectivity index (χ1n) is 10.2. The SMILES string of the molecule is C[C@]12C=CC(=O)C=C1CC[C@@H]1[C@@H]2C(O[N+](=O)[O-])C[C@@]2(C)[C@H]1CC[C@]2(O)C(=O)CO. The van der Waals surface area contributed by atoms with Crippen molar-refractivity contribution in [3.8, 4) is 0 Å². The summed E-state index contributed by atoms with van der Waals surface area (Å²) in [4.78, 5) is 40.9. The Morgan fingerprint density at radius 2 is 2.10 bits per heavy atom. The Balaban J connectivity index is 1.80. The molecular formula is C21H27NO7. The number of rotatable bonds is 4. The van der Waals surface area contributed by atoms with E-state index in [1.807, 2.05) is 13.0 Å². The number of aliphatic hydroxyl groups is 2. The molecule has 0 aromatic carbocycles. The maximum Gasteiger partial charge on any atom is 0.294 e. The van der Waals surface area contributed by atoms with E-state index in [1.54, 1.807) is 13.0 Å². The van der Waals surface area contributed by atoms with Gasteiger partial charge in [0.05, 0.1) is 0 Å². The number of nitrogens with zero attached hydrogens (tertiary/aromatic N) is 1. The van der Waals surface area contributed by atoms with E-state index in [4.69, 9.17) is 4.84 Å². The van der Waals surface area contributed by atoms with E-state index in [9.17, 15) is 29.9 Å². The summed E-state index contributed by atoms with van der Waals surface area (Å²) in [6, 6.07) is 0. The number of hydrogen-bond donors (Lipinski definition) is 2. The van der Waals surface area contributed by atoms with Gasteiger partial charge in [-0.2, -0.15) is 0 Å². The molecule has 29 heavy (non-hydrogen) atoms. The molecule has 2 N–H and O–H groups in total. The Morgan fingerprint density at radius 3 is 2.76 bits per heavy atom. The molecule has 1 unspecified atom stereocenters. The molecule has 3 saturated carbocycles. The minimum atomic E-state index is -1.72. The lowest BCUT2D eigenvalue weighted by atomic mass is 9.46. The van der Waals surface area contributed by atoms with Crippen molar-refractivity contribution in [2.24, 2.45) is 28.6 Å². The summed E-state index contributed by atoms with van der Waals surface area (Å²) in [7, 11) is 0. The minimum absolute atomic E-state index is 0.000722. The van der Waals surface area contributed by atoms with Crippen LogP contribution < -0.4 is 0 Å². The average Bonchev–Trinajstić information content (AvgIpc) is 2.92. The first kappa shape index (κ1) is 20.2. The first-order valence-corrected chi connectivity index (χ1v) is 10.2. The van der Waals surface area contributed by atoms with Gasteiger partial charge in [-0.3, -0.25) is 9.59 Å². The van der Waals surface area contributed by atoms with Crippen LogP contribution in [0.15, 0.2) is 23.8 Å². The molecule has 0 radical (unpaired) electrons. The number of fused-ring (bicyclic) bond motifs is 5. The van der Waals surface area contributed by atoms with Crippen LogP contribution in [-0.2, 0) is 14.4 Å². The number of aliphatic hydroxyl groups excluding tert-OH is 1. The number of allylic oxidation sites excluding steroid dienone is 4. The summed E-state index contributed by atoms with van der Waals surface area (Å²) in [6.07, 6.45) is 6.58. The Kier molecular flexibility index (Phi) is 4.51. The lowest BCUT2D eigenvalue weighted by molar-refractivity contribution is -0.773. The second-order valence-corrected chi connectivity index (χ2v) is 9.49. The fraction of sp³-hybridized carbons (Fsp3) is 0.714. The van der Waals surface area contributed by atoms with E-state index in [-0.39, 0.29) is 36.4 Å². The lowest BCUT2D eigenvalue weighted by Crippen LogP contribution is -2.62.